The van der Waals surface area contributed by atoms with Crippen LogP contribution < -0.4 is 0 Å². The Morgan fingerprint density at radius 1 is 1.47 bits per heavy atom. The minimum Gasteiger partial charge on any atom is -0.478 e. The van der Waals surface area contributed by atoms with E-state index >= 15 is 0 Å². The molecular formula is C13H12F2N2O2. The number of rotatable bonds is 4. The Balaban J connectivity index is 2.00. The predicted octanol–water partition coefficient (Wildman–Crippen LogP) is 2.78. The van der Waals surface area contributed by atoms with Crippen molar-refractivity contribution in [3.63, 3.8) is 0 Å². The Morgan fingerprint density at radius 3 is 2.79 bits per heavy atom. The van der Waals surface area contributed by atoms with E-state index in [1.165, 1.54) is 18.5 Å². The molecule has 0 atom stereocenters. The van der Waals surface area contributed by atoms with Crippen molar-refractivity contribution in [3.8, 4) is 0 Å². The highest BCUT2D eigenvalue weighted by Crippen LogP contribution is 2.52. The Morgan fingerprint density at radius 2 is 2.21 bits per heavy atom. The van der Waals surface area contributed by atoms with Crippen molar-refractivity contribution in [2.75, 3.05) is 0 Å². The number of nitrogens with zero attached hydrogens (tertiary/aromatic N) is 2. The molecule has 6 heteroatoms. The highest BCUT2D eigenvalue weighted by molar-refractivity contribution is 5.92. The summed E-state index contributed by atoms with van der Waals surface area (Å²) in [7, 11) is 0. The summed E-state index contributed by atoms with van der Waals surface area (Å²) in [5.41, 5.74) is 0.394. The molecule has 0 amide bonds. The number of aromatic carboxylic acids is 1. The topological polar surface area (TPSA) is 55.1 Å². The number of fused-ring (bicyclic) bond motifs is 1. The van der Waals surface area contributed by atoms with Crippen molar-refractivity contribution in [1.82, 2.24) is 9.55 Å². The van der Waals surface area contributed by atoms with Crippen molar-refractivity contribution in [3.05, 3.63) is 30.1 Å². The van der Waals surface area contributed by atoms with E-state index < -0.39 is 17.8 Å². The van der Waals surface area contributed by atoms with Crippen LogP contribution >= 0.6 is 0 Å². The lowest BCUT2D eigenvalue weighted by Gasteiger charge is -2.15. The summed E-state index contributed by atoms with van der Waals surface area (Å²) >= 11 is 0. The molecule has 0 unspecified atom stereocenters. The molecule has 0 aliphatic heterocycles. The number of benzene rings is 1. The van der Waals surface area contributed by atoms with Crippen LogP contribution in [-0.4, -0.2) is 27.1 Å². The maximum atomic E-state index is 12.9. The average molecular weight is 266 g/mol. The van der Waals surface area contributed by atoms with Crippen molar-refractivity contribution >= 4 is 17.0 Å². The van der Waals surface area contributed by atoms with Gasteiger partial charge in [0.25, 0.3) is 0 Å². The Kier molecular flexibility index (Phi) is 2.55. The molecule has 1 saturated carbocycles. The highest BCUT2D eigenvalue weighted by atomic mass is 19.3. The van der Waals surface area contributed by atoms with Crippen molar-refractivity contribution in [2.45, 2.75) is 25.8 Å². The number of imidazole rings is 1. The summed E-state index contributed by atoms with van der Waals surface area (Å²) in [6, 6.07) is 4.53. The summed E-state index contributed by atoms with van der Waals surface area (Å²) in [6.45, 7) is 0.185. The lowest BCUT2D eigenvalue weighted by molar-refractivity contribution is 0.0518. The van der Waals surface area contributed by atoms with Crippen LogP contribution in [0.1, 0.15) is 23.2 Å². The molecule has 0 bridgehead atoms. The molecule has 1 aliphatic carbocycles. The Labute approximate surface area is 107 Å². The molecule has 1 heterocycles. The van der Waals surface area contributed by atoms with Crippen LogP contribution in [-0.2, 0) is 6.54 Å². The van der Waals surface area contributed by atoms with E-state index in [9.17, 15) is 13.6 Å². The second kappa shape index (κ2) is 4.01. The van der Waals surface area contributed by atoms with Crippen LogP contribution in [0.3, 0.4) is 0 Å². The highest BCUT2D eigenvalue weighted by Gasteiger charge is 2.51. The lowest BCUT2D eigenvalue weighted by atomic mass is 10.1. The van der Waals surface area contributed by atoms with E-state index in [0.717, 1.165) is 0 Å². The molecule has 19 heavy (non-hydrogen) atoms. The lowest BCUT2D eigenvalue weighted by Crippen LogP contribution is -2.19. The zero-order chi connectivity index (χ0) is 13.6. The summed E-state index contributed by atoms with van der Waals surface area (Å²) in [6.07, 6.45) is 0.151. The zero-order valence-electron chi connectivity index (χ0n) is 10.0. The van der Waals surface area contributed by atoms with Gasteiger partial charge in [-0.05, 0) is 31.0 Å². The number of carboxylic acid groups (broad SMARTS) is 1. The average Bonchev–Trinajstić information content (AvgIpc) is 3.05. The summed E-state index contributed by atoms with van der Waals surface area (Å²) < 4.78 is 27.5. The fraction of sp³-hybridized carbons (Fsp3) is 0.385. The van der Waals surface area contributed by atoms with Gasteiger partial charge in [-0.3, -0.25) is 0 Å². The van der Waals surface area contributed by atoms with Gasteiger partial charge in [0.1, 0.15) is 0 Å². The van der Waals surface area contributed by atoms with E-state index in [0.29, 0.717) is 23.9 Å². The molecule has 100 valence electrons. The van der Waals surface area contributed by atoms with E-state index in [4.69, 9.17) is 5.11 Å². The van der Waals surface area contributed by atoms with Gasteiger partial charge in [-0.1, -0.05) is 0 Å². The molecule has 4 nitrogen and oxygen atoms in total. The number of halogens is 2. The third kappa shape index (κ3) is 1.97. The van der Waals surface area contributed by atoms with Crippen LogP contribution in [0.4, 0.5) is 8.78 Å². The molecule has 1 aliphatic rings. The van der Waals surface area contributed by atoms with Crippen molar-refractivity contribution in [1.29, 1.82) is 0 Å². The van der Waals surface area contributed by atoms with Crippen LogP contribution in [0.5, 0.6) is 0 Å². The first-order chi connectivity index (χ1) is 9.02. The Bertz CT molecular complexity index is 647. The molecule has 0 spiro atoms. The van der Waals surface area contributed by atoms with Gasteiger partial charge in [0, 0.05) is 12.0 Å². The van der Waals surface area contributed by atoms with Gasteiger partial charge in [-0.25, -0.2) is 18.6 Å². The quantitative estimate of drug-likeness (QED) is 0.925. The van der Waals surface area contributed by atoms with Gasteiger partial charge in [0.15, 0.2) is 0 Å². The van der Waals surface area contributed by atoms with Crippen LogP contribution in [0, 0.1) is 5.41 Å². The minimum atomic E-state index is -2.35. The van der Waals surface area contributed by atoms with Crippen molar-refractivity contribution in [2.24, 2.45) is 5.41 Å². The fourth-order valence-electron chi connectivity index (χ4n) is 2.26. The van der Waals surface area contributed by atoms with E-state index in [1.807, 2.05) is 0 Å². The zero-order valence-corrected chi connectivity index (χ0v) is 10.0. The van der Waals surface area contributed by atoms with E-state index in [1.54, 1.807) is 10.6 Å². The molecule has 0 radical (unpaired) electrons. The van der Waals surface area contributed by atoms with Crippen molar-refractivity contribution < 1.29 is 18.7 Å². The van der Waals surface area contributed by atoms with Gasteiger partial charge in [0.05, 0.1) is 22.9 Å². The number of carbonyl (C=O) groups is 1. The molecule has 1 fully saturated rings. The third-order valence-corrected chi connectivity index (χ3v) is 3.71. The van der Waals surface area contributed by atoms with Gasteiger partial charge in [-0.2, -0.15) is 0 Å². The molecule has 1 N–H and O–H groups in total. The molecule has 1 aromatic carbocycles. The summed E-state index contributed by atoms with van der Waals surface area (Å²) in [4.78, 5) is 15.0. The number of carboxylic acids is 1. The van der Waals surface area contributed by atoms with Crippen LogP contribution in [0.2, 0.25) is 0 Å². The number of hydrogen-bond donors (Lipinski definition) is 1. The predicted molar refractivity (Wildman–Crippen MR) is 64.4 cm³/mol. The molecular weight excluding hydrogens is 254 g/mol. The summed E-state index contributed by atoms with van der Waals surface area (Å²) in [5.74, 6) is -1.04. The third-order valence-electron chi connectivity index (χ3n) is 3.71. The maximum absolute atomic E-state index is 12.9. The first-order valence-corrected chi connectivity index (χ1v) is 5.98. The van der Waals surface area contributed by atoms with Crippen LogP contribution in [0.25, 0.3) is 11.0 Å². The van der Waals surface area contributed by atoms with E-state index in [2.05, 4.69) is 4.98 Å². The minimum absolute atomic E-state index is 0.135. The smallest absolute Gasteiger partial charge is 0.335 e. The van der Waals surface area contributed by atoms with Gasteiger partial charge >= 0.3 is 5.97 Å². The number of aromatic nitrogens is 2. The first kappa shape index (κ1) is 12.1. The molecule has 2 aromatic rings. The standard InChI is InChI=1S/C13H12F2N2O2/c14-12(15)13(3-4-13)6-17-7-16-9-2-1-8(11(18)19)5-10(9)17/h1-2,5,7,12H,3-4,6H2,(H,18,19). The first-order valence-electron chi connectivity index (χ1n) is 5.98. The Hall–Kier alpha value is -1.98. The second-order valence-electron chi connectivity index (χ2n) is 5.04. The molecule has 3 rings (SSSR count). The maximum Gasteiger partial charge on any atom is 0.335 e. The summed E-state index contributed by atoms with van der Waals surface area (Å²) in [5, 5.41) is 8.96. The fourth-order valence-corrected chi connectivity index (χ4v) is 2.26. The second-order valence-corrected chi connectivity index (χ2v) is 5.04. The van der Waals surface area contributed by atoms with E-state index in [-0.39, 0.29) is 12.1 Å². The van der Waals surface area contributed by atoms with Crippen LogP contribution in [0.15, 0.2) is 24.5 Å². The van der Waals surface area contributed by atoms with Gasteiger partial charge in [0.2, 0.25) is 6.43 Å². The number of hydrogen-bond acceptors (Lipinski definition) is 2. The largest absolute Gasteiger partial charge is 0.478 e. The molecule has 1 aromatic heterocycles. The molecule has 0 saturated heterocycles. The monoisotopic (exact) mass is 266 g/mol. The SMILES string of the molecule is O=C(O)c1ccc2ncn(CC3(C(F)F)CC3)c2c1. The van der Waals surface area contributed by atoms with Gasteiger partial charge in [-0.15, -0.1) is 0 Å². The van der Waals surface area contributed by atoms with Gasteiger partial charge < -0.3 is 9.67 Å². The normalized spacial score (nSPS) is 17.0. The number of alkyl halides is 2.